The fraction of sp³-hybridized carbons (Fsp3) is 0.450. The molecular weight excluding hydrogens is 314 g/mol. The van der Waals surface area contributed by atoms with Crippen LogP contribution in [-0.4, -0.2) is 30.1 Å². The van der Waals surface area contributed by atoms with Crippen molar-refractivity contribution in [3.8, 4) is 0 Å². The van der Waals surface area contributed by atoms with Gasteiger partial charge in [-0.05, 0) is 38.3 Å². The van der Waals surface area contributed by atoms with Crippen molar-refractivity contribution in [2.24, 2.45) is 0 Å². The topological polar surface area (TPSA) is 57.5 Å². The maximum absolute atomic E-state index is 12.1. The van der Waals surface area contributed by atoms with Gasteiger partial charge in [-0.3, -0.25) is 4.90 Å². The van der Waals surface area contributed by atoms with E-state index in [-0.39, 0.29) is 12.1 Å². The Morgan fingerprint density at radius 2 is 1.96 bits per heavy atom. The van der Waals surface area contributed by atoms with E-state index in [1.54, 1.807) is 6.26 Å². The summed E-state index contributed by atoms with van der Waals surface area (Å²) in [5.41, 5.74) is 2.36. The van der Waals surface area contributed by atoms with Crippen molar-refractivity contribution in [3.63, 3.8) is 0 Å². The van der Waals surface area contributed by atoms with Gasteiger partial charge in [0.05, 0.1) is 6.26 Å². The van der Waals surface area contributed by atoms with Crippen LogP contribution >= 0.6 is 0 Å². The van der Waals surface area contributed by atoms with Crippen LogP contribution in [0.15, 0.2) is 47.1 Å². The SMILES string of the molecule is Cc1occc1CNC(=O)NC1CCN(C(C)c2ccccc2)CC1. The number of piperidine rings is 1. The van der Waals surface area contributed by atoms with Crippen LogP contribution in [0, 0.1) is 6.92 Å². The van der Waals surface area contributed by atoms with Crippen molar-refractivity contribution < 1.29 is 9.21 Å². The fourth-order valence-corrected chi connectivity index (χ4v) is 3.38. The quantitative estimate of drug-likeness (QED) is 0.873. The molecule has 25 heavy (non-hydrogen) atoms. The molecule has 1 fully saturated rings. The van der Waals surface area contributed by atoms with Crippen molar-refractivity contribution >= 4 is 6.03 Å². The Bertz CT molecular complexity index is 675. The molecule has 0 saturated carbocycles. The van der Waals surface area contributed by atoms with Crippen LogP contribution in [-0.2, 0) is 6.54 Å². The number of urea groups is 1. The Morgan fingerprint density at radius 3 is 2.60 bits per heavy atom. The minimum Gasteiger partial charge on any atom is -0.469 e. The molecule has 134 valence electrons. The average Bonchev–Trinajstić information content (AvgIpc) is 3.06. The predicted molar refractivity (Wildman–Crippen MR) is 98.3 cm³/mol. The molecule has 5 nitrogen and oxygen atoms in total. The molecule has 1 aliphatic heterocycles. The van der Waals surface area contributed by atoms with E-state index >= 15 is 0 Å². The van der Waals surface area contributed by atoms with Crippen molar-refractivity contribution in [3.05, 3.63) is 59.5 Å². The molecule has 2 N–H and O–H groups in total. The molecule has 2 aromatic rings. The van der Waals surface area contributed by atoms with E-state index in [2.05, 4.69) is 52.8 Å². The zero-order valence-corrected chi connectivity index (χ0v) is 15.0. The van der Waals surface area contributed by atoms with Crippen LogP contribution in [0.2, 0.25) is 0 Å². The highest BCUT2D eigenvalue weighted by Crippen LogP contribution is 2.23. The van der Waals surface area contributed by atoms with Gasteiger partial charge in [-0.1, -0.05) is 30.3 Å². The maximum Gasteiger partial charge on any atom is 0.315 e. The molecule has 1 saturated heterocycles. The summed E-state index contributed by atoms with van der Waals surface area (Å²) in [6, 6.07) is 13.0. The van der Waals surface area contributed by atoms with E-state index in [1.807, 2.05) is 13.0 Å². The first-order valence-corrected chi connectivity index (χ1v) is 9.00. The molecule has 1 unspecified atom stereocenters. The van der Waals surface area contributed by atoms with E-state index < -0.39 is 0 Å². The first-order valence-electron chi connectivity index (χ1n) is 9.00. The molecule has 0 spiro atoms. The maximum atomic E-state index is 12.1. The highest BCUT2D eigenvalue weighted by Gasteiger charge is 2.24. The normalized spacial score (nSPS) is 17.2. The van der Waals surface area contributed by atoms with Gasteiger partial charge in [0.2, 0.25) is 0 Å². The van der Waals surface area contributed by atoms with Gasteiger partial charge in [0.1, 0.15) is 5.76 Å². The van der Waals surface area contributed by atoms with Crippen molar-refractivity contribution in [1.29, 1.82) is 0 Å². The third-order valence-electron chi connectivity index (χ3n) is 5.10. The van der Waals surface area contributed by atoms with Gasteiger partial charge >= 0.3 is 6.03 Å². The van der Waals surface area contributed by atoms with Gasteiger partial charge in [-0.15, -0.1) is 0 Å². The number of hydrogen-bond donors (Lipinski definition) is 2. The van der Waals surface area contributed by atoms with Gasteiger partial charge in [-0.2, -0.15) is 0 Å². The van der Waals surface area contributed by atoms with Gasteiger partial charge in [-0.25, -0.2) is 4.79 Å². The molecule has 2 amide bonds. The van der Waals surface area contributed by atoms with Crippen molar-refractivity contribution in [1.82, 2.24) is 15.5 Å². The lowest BCUT2D eigenvalue weighted by atomic mass is 10.0. The first kappa shape index (κ1) is 17.5. The Labute approximate surface area is 149 Å². The summed E-state index contributed by atoms with van der Waals surface area (Å²) in [5.74, 6) is 0.850. The summed E-state index contributed by atoms with van der Waals surface area (Å²) >= 11 is 0. The van der Waals surface area contributed by atoms with Crippen LogP contribution in [0.4, 0.5) is 4.79 Å². The van der Waals surface area contributed by atoms with Gasteiger partial charge in [0, 0.05) is 37.3 Å². The number of carbonyl (C=O) groups excluding carboxylic acids is 1. The minimum absolute atomic E-state index is 0.102. The first-order chi connectivity index (χ1) is 12.1. The van der Waals surface area contributed by atoms with E-state index in [0.717, 1.165) is 37.3 Å². The average molecular weight is 341 g/mol. The van der Waals surface area contributed by atoms with E-state index in [1.165, 1.54) is 5.56 Å². The number of nitrogens with zero attached hydrogens (tertiary/aromatic N) is 1. The van der Waals surface area contributed by atoms with Crippen LogP contribution in [0.1, 0.15) is 42.7 Å². The molecule has 2 heterocycles. The lowest BCUT2D eigenvalue weighted by molar-refractivity contribution is 0.153. The molecule has 1 aromatic carbocycles. The zero-order valence-electron chi connectivity index (χ0n) is 15.0. The molecule has 3 rings (SSSR count). The Morgan fingerprint density at radius 1 is 1.24 bits per heavy atom. The monoisotopic (exact) mass is 341 g/mol. The lowest BCUT2D eigenvalue weighted by Gasteiger charge is -2.36. The molecule has 0 aliphatic carbocycles. The number of benzene rings is 1. The molecule has 5 heteroatoms. The molecule has 0 bridgehead atoms. The standard InChI is InChI=1S/C20H27N3O2/c1-15(17-6-4-3-5-7-17)23-11-8-19(9-12-23)22-20(24)21-14-18-10-13-25-16(18)2/h3-7,10,13,15,19H,8-9,11-12,14H2,1-2H3,(H2,21,22,24). The summed E-state index contributed by atoms with van der Waals surface area (Å²) < 4.78 is 5.24. The number of nitrogens with one attached hydrogen (secondary N) is 2. The van der Waals surface area contributed by atoms with E-state index in [9.17, 15) is 4.79 Å². The lowest BCUT2D eigenvalue weighted by Crippen LogP contribution is -2.48. The molecule has 0 radical (unpaired) electrons. The van der Waals surface area contributed by atoms with Crippen molar-refractivity contribution in [2.45, 2.75) is 45.3 Å². The van der Waals surface area contributed by atoms with Crippen molar-refractivity contribution in [2.75, 3.05) is 13.1 Å². The summed E-state index contributed by atoms with van der Waals surface area (Å²) in [7, 11) is 0. The second-order valence-corrected chi connectivity index (χ2v) is 6.73. The largest absolute Gasteiger partial charge is 0.469 e. The van der Waals surface area contributed by atoms with Gasteiger partial charge in [0.15, 0.2) is 0 Å². The Kier molecular flexibility index (Phi) is 5.76. The Hall–Kier alpha value is -2.27. The molecule has 1 atom stereocenters. The predicted octanol–water partition coefficient (Wildman–Crippen LogP) is 3.61. The third-order valence-corrected chi connectivity index (χ3v) is 5.10. The van der Waals surface area contributed by atoms with Crippen LogP contribution in [0.5, 0.6) is 0 Å². The number of likely N-dealkylation sites (tertiary alicyclic amines) is 1. The number of aryl methyl sites for hydroxylation is 1. The third kappa shape index (κ3) is 4.63. The van der Waals surface area contributed by atoms with Crippen LogP contribution < -0.4 is 10.6 Å². The van der Waals surface area contributed by atoms with Crippen LogP contribution in [0.25, 0.3) is 0 Å². The summed E-state index contributed by atoms with van der Waals surface area (Å²) in [4.78, 5) is 14.6. The van der Waals surface area contributed by atoms with E-state index in [4.69, 9.17) is 4.42 Å². The highest BCUT2D eigenvalue weighted by atomic mass is 16.3. The zero-order chi connectivity index (χ0) is 17.6. The second-order valence-electron chi connectivity index (χ2n) is 6.73. The number of furan rings is 1. The smallest absolute Gasteiger partial charge is 0.315 e. The highest BCUT2D eigenvalue weighted by molar-refractivity contribution is 5.74. The summed E-state index contributed by atoms with van der Waals surface area (Å²) in [5, 5.41) is 6.00. The van der Waals surface area contributed by atoms with Crippen LogP contribution in [0.3, 0.4) is 0 Å². The minimum atomic E-state index is -0.102. The molecule has 1 aromatic heterocycles. The summed E-state index contributed by atoms with van der Waals surface area (Å²) in [6.45, 7) is 6.66. The van der Waals surface area contributed by atoms with Gasteiger partial charge in [0.25, 0.3) is 0 Å². The summed E-state index contributed by atoms with van der Waals surface area (Å²) in [6.07, 6.45) is 3.61. The molecular formula is C20H27N3O2. The Balaban J connectivity index is 1.41. The van der Waals surface area contributed by atoms with Gasteiger partial charge < -0.3 is 15.1 Å². The number of carbonyl (C=O) groups is 1. The number of amides is 2. The number of rotatable bonds is 5. The fourth-order valence-electron chi connectivity index (χ4n) is 3.38. The second kappa shape index (κ2) is 8.21. The molecule has 1 aliphatic rings. The number of hydrogen-bond acceptors (Lipinski definition) is 3. The van der Waals surface area contributed by atoms with E-state index in [0.29, 0.717) is 12.6 Å².